The largest absolute Gasteiger partial charge is 0.467 e. The maximum Gasteiger partial charge on any atom is 0.336 e. The van der Waals surface area contributed by atoms with E-state index in [0.29, 0.717) is 12.3 Å². The smallest absolute Gasteiger partial charge is 0.336 e. The summed E-state index contributed by atoms with van der Waals surface area (Å²) < 4.78 is 4.34. The molecular formula is C8H15ClO3. The lowest BCUT2D eigenvalue weighted by Crippen LogP contribution is -2.32. The van der Waals surface area contributed by atoms with E-state index >= 15 is 0 Å². The van der Waals surface area contributed by atoms with E-state index < -0.39 is 17.5 Å². The molecule has 3 nitrogen and oxygen atoms in total. The van der Waals surface area contributed by atoms with Gasteiger partial charge in [0.15, 0.2) is 6.10 Å². The van der Waals surface area contributed by atoms with Crippen molar-refractivity contribution < 1.29 is 14.6 Å². The molecule has 0 saturated carbocycles. The normalized spacial score (nSPS) is 15.8. The SMILES string of the molecule is COC(=O)[C@H](O)[C@H](Cl)CC(C)C. The Labute approximate surface area is 77.7 Å². The van der Waals surface area contributed by atoms with E-state index in [2.05, 4.69) is 4.74 Å². The van der Waals surface area contributed by atoms with Gasteiger partial charge in [-0.3, -0.25) is 0 Å². The van der Waals surface area contributed by atoms with E-state index in [1.807, 2.05) is 13.8 Å². The van der Waals surface area contributed by atoms with Crippen LogP contribution < -0.4 is 0 Å². The number of ether oxygens (including phenoxy) is 1. The number of carbonyl (C=O) groups excluding carboxylic acids is 1. The Balaban J connectivity index is 3.91. The molecule has 0 rings (SSSR count). The lowest BCUT2D eigenvalue weighted by molar-refractivity contribution is -0.150. The molecule has 0 spiro atoms. The fourth-order valence-corrected chi connectivity index (χ4v) is 1.31. The van der Waals surface area contributed by atoms with Crippen LogP contribution in [0.15, 0.2) is 0 Å². The third kappa shape index (κ3) is 3.93. The number of aliphatic hydroxyl groups excluding tert-OH is 1. The Bertz CT molecular complexity index is 147. The molecule has 0 amide bonds. The van der Waals surface area contributed by atoms with Crippen molar-refractivity contribution in [2.75, 3.05) is 7.11 Å². The number of methoxy groups -OCH3 is 1. The van der Waals surface area contributed by atoms with Crippen LogP contribution in [0.3, 0.4) is 0 Å². The molecule has 0 aliphatic carbocycles. The van der Waals surface area contributed by atoms with Crippen molar-refractivity contribution in [1.29, 1.82) is 0 Å². The van der Waals surface area contributed by atoms with E-state index in [0.717, 1.165) is 0 Å². The first kappa shape index (κ1) is 11.7. The van der Waals surface area contributed by atoms with Gasteiger partial charge >= 0.3 is 5.97 Å². The Morgan fingerprint density at radius 1 is 1.58 bits per heavy atom. The van der Waals surface area contributed by atoms with Gasteiger partial charge < -0.3 is 9.84 Å². The topological polar surface area (TPSA) is 46.5 Å². The highest BCUT2D eigenvalue weighted by Gasteiger charge is 2.25. The standard InChI is InChI=1S/C8H15ClO3/c1-5(2)4-6(9)7(10)8(11)12-3/h5-7,10H,4H2,1-3H3/t6-,7-/m1/s1. The molecule has 0 aromatic heterocycles. The second-order valence-electron chi connectivity index (χ2n) is 3.11. The van der Waals surface area contributed by atoms with Crippen LogP contribution in [0.4, 0.5) is 0 Å². The van der Waals surface area contributed by atoms with Crippen molar-refractivity contribution in [2.24, 2.45) is 5.92 Å². The Hall–Kier alpha value is -0.280. The zero-order chi connectivity index (χ0) is 9.72. The Morgan fingerprint density at radius 2 is 2.08 bits per heavy atom. The van der Waals surface area contributed by atoms with Gasteiger partial charge in [-0.2, -0.15) is 0 Å². The molecule has 0 radical (unpaired) electrons. The van der Waals surface area contributed by atoms with E-state index in [1.165, 1.54) is 7.11 Å². The second kappa shape index (κ2) is 5.38. The molecular weight excluding hydrogens is 180 g/mol. The van der Waals surface area contributed by atoms with Gasteiger partial charge in [-0.1, -0.05) is 13.8 Å². The van der Waals surface area contributed by atoms with Crippen molar-refractivity contribution in [3.05, 3.63) is 0 Å². The van der Waals surface area contributed by atoms with E-state index in [-0.39, 0.29) is 0 Å². The van der Waals surface area contributed by atoms with Gasteiger partial charge in [0.05, 0.1) is 12.5 Å². The predicted molar refractivity (Wildman–Crippen MR) is 47.1 cm³/mol. The number of esters is 1. The number of rotatable bonds is 4. The first-order valence-electron chi connectivity index (χ1n) is 3.89. The number of hydrogen-bond acceptors (Lipinski definition) is 3. The Morgan fingerprint density at radius 3 is 2.42 bits per heavy atom. The second-order valence-corrected chi connectivity index (χ2v) is 3.67. The number of alkyl halides is 1. The zero-order valence-electron chi connectivity index (χ0n) is 7.58. The van der Waals surface area contributed by atoms with Crippen LogP contribution in [-0.2, 0) is 9.53 Å². The molecule has 0 aliphatic rings. The lowest BCUT2D eigenvalue weighted by Gasteiger charge is -2.16. The summed E-state index contributed by atoms with van der Waals surface area (Å²) in [6, 6.07) is 0. The molecule has 4 heteroatoms. The van der Waals surface area contributed by atoms with Crippen molar-refractivity contribution in [3.8, 4) is 0 Å². The van der Waals surface area contributed by atoms with Gasteiger partial charge in [-0.15, -0.1) is 11.6 Å². The molecule has 0 aromatic rings. The molecule has 0 bridgehead atoms. The maximum absolute atomic E-state index is 10.8. The molecule has 12 heavy (non-hydrogen) atoms. The highest BCUT2D eigenvalue weighted by atomic mass is 35.5. The summed E-state index contributed by atoms with van der Waals surface area (Å²) in [5, 5.41) is 8.67. The molecule has 0 aliphatic heterocycles. The predicted octanol–water partition coefficient (Wildman–Crippen LogP) is 1.17. The molecule has 1 N–H and O–H groups in total. The maximum atomic E-state index is 10.8. The van der Waals surface area contributed by atoms with Crippen LogP contribution in [0, 0.1) is 5.92 Å². The summed E-state index contributed by atoms with van der Waals surface area (Å²) >= 11 is 5.75. The van der Waals surface area contributed by atoms with Crippen molar-refractivity contribution in [2.45, 2.75) is 31.7 Å². The quantitative estimate of drug-likeness (QED) is 0.540. The first-order chi connectivity index (χ1) is 5.49. The minimum Gasteiger partial charge on any atom is -0.467 e. The third-order valence-corrected chi connectivity index (χ3v) is 1.90. The number of carbonyl (C=O) groups is 1. The minimum atomic E-state index is -1.21. The minimum absolute atomic E-state index is 0.354. The highest BCUT2D eigenvalue weighted by Crippen LogP contribution is 2.14. The van der Waals surface area contributed by atoms with Crippen molar-refractivity contribution >= 4 is 17.6 Å². The van der Waals surface area contributed by atoms with E-state index in [4.69, 9.17) is 11.6 Å². The molecule has 0 heterocycles. The van der Waals surface area contributed by atoms with Crippen LogP contribution in [0.25, 0.3) is 0 Å². The summed E-state index contributed by atoms with van der Waals surface area (Å²) in [7, 11) is 1.23. The van der Waals surface area contributed by atoms with Gasteiger partial charge in [0.25, 0.3) is 0 Å². The number of aliphatic hydroxyl groups is 1. The summed E-state index contributed by atoms with van der Waals surface area (Å²) in [6.45, 7) is 3.94. The highest BCUT2D eigenvalue weighted by molar-refractivity contribution is 6.22. The summed E-state index contributed by atoms with van der Waals surface area (Å²) in [5.74, 6) is -0.317. The van der Waals surface area contributed by atoms with Crippen LogP contribution >= 0.6 is 11.6 Å². The monoisotopic (exact) mass is 194 g/mol. The molecule has 0 fully saturated rings. The van der Waals surface area contributed by atoms with Crippen LogP contribution in [0.1, 0.15) is 20.3 Å². The van der Waals surface area contributed by atoms with Crippen LogP contribution in [0.2, 0.25) is 0 Å². The Kier molecular flexibility index (Phi) is 5.25. The molecule has 72 valence electrons. The van der Waals surface area contributed by atoms with Crippen molar-refractivity contribution in [3.63, 3.8) is 0 Å². The zero-order valence-corrected chi connectivity index (χ0v) is 8.34. The van der Waals surface area contributed by atoms with Crippen LogP contribution in [0.5, 0.6) is 0 Å². The fraction of sp³-hybridized carbons (Fsp3) is 0.875. The lowest BCUT2D eigenvalue weighted by atomic mass is 10.0. The summed E-state index contributed by atoms with van der Waals surface area (Å²) in [6.07, 6.45) is -0.614. The molecule has 0 saturated heterocycles. The van der Waals surface area contributed by atoms with E-state index in [1.54, 1.807) is 0 Å². The third-order valence-electron chi connectivity index (χ3n) is 1.48. The van der Waals surface area contributed by atoms with Gasteiger partial charge in [0, 0.05) is 0 Å². The average Bonchev–Trinajstić information content (AvgIpc) is 2.00. The van der Waals surface area contributed by atoms with Gasteiger partial charge in [0.2, 0.25) is 0 Å². The first-order valence-corrected chi connectivity index (χ1v) is 4.32. The summed E-state index contributed by atoms with van der Waals surface area (Å²) in [5.41, 5.74) is 0. The van der Waals surface area contributed by atoms with Gasteiger partial charge in [0.1, 0.15) is 0 Å². The van der Waals surface area contributed by atoms with Crippen molar-refractivity contribution in [1.82, 2.24) is 0 Å². The molecule has 2 atom stereocenters. The van der Waals surface area contributed by atoms with Gasteiger partial charge in [-0.05, 0) is 12.3 Å². The average molecular weight is 195 g/mol. The molecule has 0 aromatic carbocycles. The van der Waals surface area contributed by atoms with Crippen LogP contribution in [-0.4, -0.2) is 29.7 Å². The van der Waals surface area contributed by atoms with E-state index in [9.17, 15) is 9.90 Å². The number of halogens is 1. The fourth-order valence-electron chi connectivity index (χ4n) is 0.848. The molecule has 0 unspecified atom stereocenters. The number of hydrogen-bond donors (Lipinski definition) is 1. The van der Waals surface area contributed by atoms with Gasteiger partial charge in [-0.25, -0.2) is 4.79 Å². The summed E-state index contributed by atoms with van der Waals surface area (Å²) in [4.78, 5) is 10.8.